The average Bonchev–Trinajstić information content (AvgIpc) is 3.77. The number of halogens is 2. The van der Waals surface area contributed by atoms with E-state index in [0.29, 0.717) is 65.8 Å². The normalized spacial score (nSPS) is 29.5. The van der Waals surface area contributed by atoms with Crippen LogP contribution >= 0.6 is 0 Å². The molecule has 52 heavy (non-hydrogen) atoms. The number of pyridine rings is 1. The monoisotopic (exact) mass is 715 g/mol. The quantitative estimate of drug-likeness (QED) is 0.230. The number of likely N-dealkylation sites (tertiary alicyclic amines) is 1. The largest absolute Gasteiger partial charge is 0.508 e. The highest BCUT2D eigenvalue weighted by atomic mass is 19.1. The van der Waals surface area contributed by atoms with Crippen LogP contribution in [0.1, 0.15) is 63.9 Å². The molecule has 2 aromatic carbocycles. The molecular weight excluding hydrogens is 668 g/mol. The number of fused-ring (bicyclic) bond motifs is 3. The van der Waals surface area contributed by atoms with E-state index in [1.54, 1.807) is 12.1 Å². The Balaban J connectivity index is 1.12. The number of hydrogen-bond acceptors (Lipinski definition) is 10. The Kier molecular flexibility index (Phi) is 8.72. The number of hydrogen-bond donors (Lipinski definition) is 2. The minimum Gasteiger partial charge on any atom is -0.508 e. The Labute approximate surface area is 302 Å². The van der Waals surface area contributed by atoms with Crippen molar-refractivity contribution in [3.63, 3.8) is 0 Å². The molecule has 5 aliphatic rings. The van der Waals surface area contributed by atoms with E-state index in [2.05, 4.69) is 9.88 Å². The van der Waals surface area contributed by atoms with Gasteiger partial charge >= 0.3 is 6.01 Å². The molecule has 1 spiro atoms. The van der Waals surface area contributed by atoms with Gasteiger partial charge in [-0.3, -0.25) is 9.88 Å². The average molecular weight is 716 g/mol. The molecule has 3 saturated heterocycles. The third kappa shape index (κ3) is 5.59. The van der Waals surface area contributed by atoms with Crippen LogP contribution in [0.4, 0.5) is 14.6 Å². The van der Waals surface area contributed by atoms with E-state index >= 15 is 8.78 Å². The number of aromatic nitrogens is 3. The number of rotatable bonds is 7. The number of phenols is 1. The Morgan fingerprint density at radius 2 is 1.88 bits per heavy atom. The Morgan fingerprint density at radius 1 is 1.00 bits per heavy atom. The maximum Gasteiger partial charge on any atom is 0.319 e. The second-order valence-corrected chi connectivity index (χ2v) is 15.8. The number of anilines is 1. The molecule has 2 saturated carbocycles. The van der Waals surface area contributed by atoms with Crippen molar-refractivity contribution in [1.82, 2.24) is 19.9 Å². The van der Waals surface area contributed by atoms with Crippen molar-refractivity contribution in [2.75, 3.05) is 57.6 Å². The second-order valence-electron chi connectivity index (χ2n) is 15.8. The Morgan fingerprint density at radius 3 is 2.69 bits per heavy atom. The van der Waals surface area contributed by atoms with Gasteiger partial charge in [0.15, 0.2) is 5.82 Å². The van der Waals surface area contributed by atoms with Crippen molar-refractivity contribution in [1.29, 1.82) is 0 Å². The summed E-state index contributed by atoms with van der Waals surface area (Å²) in [4.78, 5) is 18.8. The summed E-state index contributed by atoms with van der Waals surface area (Å²) in [5.41, 5.74) is 0.898. The predicted molar refractivity (Wildman–Crippen MR) is 193 cm³/mol. The fraction of sp³-hybridized carbons (Fsp3) is 0.575. The summed E-state index contributed by atoms with van der Waals surface area (Å²) in [6.07, 6.45) is 10.2. The molecule has 276 valence electrons. The molecule has 0 bridgehead atoms. The number of aromatic hydroxyl groups is 1. The van der Waals surface area contributed by atoms with E-state index in [4.69, 9.17) is 24.2 Å². The molecule has 9 rings (SSSR count). The van der Waals surface area contributed by atoms with Crippen LogP contribution in [0.3, 0.4) is 0 Å². The van der Waals surface area contributed by atoms with Gasteiger partial charge in [0.1, 0.15) is 28.6 Å². The third-order valence-electron chi connectivity index (χ3n) is 12.9. The highest BCUT2D eigenvalue weighted by Crippen LogP contribution is 2.56. The first-order valence-electron chi connectivity index (χ1n) is 19.1. The van der Waals surface area contributed by atoms with Gasteiger partial charge < -0.3 is 29.3 Å². The van der Waals surface area contributed by atoms with Gasteiger partial charge in [0.25, 0.3) is 0 Å². The standard InChI is InChI=1S/C40H47F2N5O5/c1-2-27-30(41)7-6-24-17-25(48)18-28(33(24)27)35-34(42)36-29(19-43-35)37(46-14-16-50-21-26(49)20-46)45-38(44-36)52-23-39-9-3-5-31(39)47(13-4-10-39)32-8-11-40(32)12-15-51-22-40/h6-7,17-19,26,31-32,48-49H,2-5,8-16,20-23H2,1H3. The minimum atomic E-state index is -0.763. The van der Waals surface area contributed by atoms with Gasteiger partial charge in [0, 0.05) is 54.4 Å². The first-order chi connectivity index (χ1) is 25.3. The summed E-state index contributed by atoms with van der Waals surface area (Å²) in [6, 6.07) is 6.95. The maximum absolute atomic E-state index is 17.1. The zero-order chi connectivity index (χ0) is 35.6. The van der Waals surface area contributed by atoms with Crippen molar-refractivity contribution < 1.29 is 33.2 Å². The topological polar surface area (TPSA) is 113 Å². The summed E-state index contributed by atoms with van der Waals surface area (Å²) in [5, 5.41) is 22.8. The zero-order valence-corrected chi connectivity index (χ0v) is 29.8. The van der Waals surface area contributed by atoms with E-state index in [1.165, 1.54) is 31.2 Å². The lowest BCUT2D eigenvalue weighted by molar-refractivity contribution is -0.101. The number of aliphatic hydroxyl groups is 1. The van der Waals surface area contributed by atoms with E-state index < -0.39 is 17.7 Å². The molecule has 4 aromatic rings. The number of aliphatic hydroxyl groups excluding tert-OH is 1. The van der Waals surface area contributed by atoms with E-state index in [0.717, 1.165) is 58.3 Å². The third-order valence-corrected chi connectivity index (χ3v) is 12.9. The number of ether oxygens (including phenoxy) is 3. The predicted octanol–water partition coefficient (Wildman–Crippen LogP) is 6.17. The molecule has 2 aromatic heterocycles. The lowest BCUT2D eigenvalue weighted by Gasteiger charge is -2.58. The van der Waals surface area contributed by atoms with Gasteiger partial charge in [-0.1, -0.05) is 19.4 Å². The first-order valence-corrected chi connectivity index (χ1v) is 19.1. The van der Waals surface area contributed by atoms with Crippen LogP contribution in [-0.4, -0.2) is 101 Å². The van der Waals surface area contributed by atoms with Crippen molar-refractivity contribution in [2.24, 2.45) is 10.8 Å². The molecule has 10 nitrogen and oxygen atoms in total. The number of phenolic OH excluding ortho intramolecular Hbond substituents is 1. The van der Waals surface area contributed by atoms with E-state index in [1.807, 2.05) is 11.8 Å². The number of nitrogens with zero attached hydrogens (tertiary/aromatic N) is 5. The molecule has 5 unspecified atom stereocenters. The number of piperidine rings is 1. The number of benzene rings is 2. The van der Waals surface area contributed by atoms with Crippen LogP contribution < -0.4 is 9.64 Å². The molecule has 5 heterocycles. The van der Waals surface area contributed by atoms with Gasteiger partial charge in [-0.25, -0.2) is 8.78 Å². The van der Waals surface area contributed by atoms with Crippen LogP contribution in [0, 0.1) is 22.5 Å². The van der Waals surface area contributed by atoms with Crippen molar-refractivity contribution >= 4 is 27.5 Å². The summed E-state index contributed by atoms with van der Waals surface area (Å²) < 4.78 is 50.3. The van der Waals surface area contributed by atoms with Crippen molar-refractivity contribution in [3.05, 3.63) is 47.7 Å². The number of aryl methyl sites for hydroxylation is 1. The van der Waals surface area contributed by atoms with Crippen molar-refractivity contribution in [3.8, 4) is 23.0 Å². The molecule has 5 fully saturated rings. The van der Waals surface area contributed by atoms with Gasteiger partial charge in [0.2, 0.25) is 0 Å². The van der Waals surface area contributed by atoms with Crippen LogP contribution in [-0.2, 0) is 15.9 Å². The van der Waals surface area contributed by atoms with Gasteiger partial charge in [0.05, 0.1) is 37.9 Å². The highest BCUT2D eigenvalue weighted by Gasteiger charge is 2.57. The Bertz CT molecular complexity index is 2010. The molecular formula is C40H47F2N5O5. The molecule has 5 atom stereocenters. The first kappa shape index (κ1) is 34.1. The van der Waals surface area contributed by atoms with Crippen LogP contribution in [0.5, 0.6) is 11.8 Å². The van der Waals surface area contributed by atoms with E-state index in [-0.39, 0.29) is 52.5 Å². The smallest absolute Gasteiger partial charge is 0.319 e. The summed E-state index contributed by atoms with van der Waals surface area (Å²) in [6.45, 7) is 6.31. The molecule has 0 amide bonds. The highest BCUT2D eigenvalue weighted by molar-refractivity contribution is 6.01. The van der Waals surface area contributed by atoms with Gasteiger partial charge in [-0.05, 0) is 92.4 Å². The molecule has 12 heteroatoms. The molecule has 2 N–H and O–H groups in total. The van der Waals surface area contributed by atoms with Crippen LogP contribution in [0.15, 0.2) is 30.5 Å². The fourth-order valence-corrected chi connectivity index (χ4v) is 10.3. The number of β-amino-alcohol motifs (C(OH)–C–C–N with tert-alkyl or cyclic N) is 1. The fourth-order valence-electron chi connectivity index (χ4n) is 10.3. The van der Waals surface area contributed by atoms with Gasteiger partial charge in [-0.15, -0.1) is 0 Å². The summed E-state index contributed by atoms with van der Waals surface area (Å²) in [5.74, 6) is -0.790. The van der Waals surface area contributed by atoms with Crippen LogP contribution in [0.2, 0.25) is 0 Å². The van der Waals surface area contributed by atoms with Crippen LogP contribution in [0.25, 0.3) is 32.9 Å². The van der Waals surface area contributed by atoms with Gasteiger partial charge in [-0.2, -0.15) is 9.97 Å². The molecule has 3 aliphatic heterocycles. The summed E-state index contributed by atoms with van der Waals surface area (Å²) in [7, 11) is 0. The van der Waals surface area contributed by atoms with E-state index in [9.17, 15) is 10.2 Å². The minimum absolute atomic E-state index is 0.0129. The zero-order valence-electron chi connectivity index (χ0n) is 29.8. The Hall–Kier alpha value is -3.71. The lowest BCUT2D eigenvalue weighted by Crippen LogP contribution is -2.63. The van der Waals surface area contributed by atoms with Crippen molar-refractivity contribution in [2.45, 2.75) is 82.9 Å². The lowest BCUT2D eigenvalue weighted by atomic mass is 9.61. The SMILES string of the molecule is CCc1c(F)ccc2cc(O)cc(-c3ncc4c(N5CCOCC(O)C5)nc(OCC56CCCC5N(C5CCC57CCOC7)CCC6)nc4c3F)c12. The molecule has 2 aliphatic carbocycles. The summed E-state index contributed by atoms with van der Waals surface area (Å²) >= 11 is 0. The maximum atomic E-state index is 17.1. The second kappa shape index (κ2) is 13.3. The molecule has 0 radical (unpaired) electrons.